The van der Waals surface area contributed by atoms with Gasteiger partial charge in [0.15, 0.2) is 0 Å². The van der Waals surface area contributed by atoms with E-state index in [0.29, 0.717) is 16.5 Å². The van der Waals surface area contributed by atoms with Gasteiger partial charge in [-0.15, -0.1) is 11.3 Å². The summed E-state index contributed by atoms with van der Waals surface area (Å²) in [5.74, 6) is 0. The second-order valence-corrected chi connectivity index (χ2v) is 7.93. The van der Waals surface area contributed by atoms with Crippen molar-refractivity contribution in [2.75, 3.05) is 25.2 Å². The van der Waals surface area contributed by atoms with Gasteiger partial charge in [0, 0.05) is 18.0 Å². The van der Waals surface area contributed by atoms with Gasteiger partial charge < -0.3 is 4.90 Å². The number of hydrogen-bond acceptors (Lipinski definition) is 4. The first-order valence-electron chi connectivity index (χ1n) is 8.72. The Hall–Kier alpha value is -1.95. The molecule has 4 rings (SSSR count). The van der Waals surface area contributed by atoms with E-state index in [1.54, 1.807) is 0 Å². The van der Waals surface area contributed by atoms with Crippen molar-refractivity contribution in [1.29, 1.82) is 0 Å². The Morgan fingerprint density at radius 3 is 2.64 bits per heavy atom. The molecular weight excluding hydrogens is 332 g/mol. The van der Waals surface area contributed by atoms with E-state index in [4.69, 9.17) is 0 Å². The van der Waals surface area contributed by atoms with Crippen molar-refractivity contribution in [3.63, 3.8) is 0 Å². The maximum atomic E-state index is 11.0. The maximum absolute atomic E-state index is 11.0. The Labute approximate surface area is 152 Å². The second kappa shape index (κ2) is 6.75. The normalized spacial score (nSPS) is 17.7. The van der Waals surface area contributed by atoms with Crippen LogP contribution in [0.2, 0.25) is 0 Å². The van der Waals surface area contributed by atoms with Gasteiger partial charge in [0.2, 0.25) is 6.41 Å². The SMILES string of the molecule is CN1CCC(=C2c3ccccc3CCc3sc(N(O)C=O)cc32)CC1. The Balaban J connectivity index is 1.90. The number of amides is 1. The number of nitrogens with zero attached hydrogens (tertiary/aromatic N) is 2. The fourth-order valence-electron chi connectivity index (χ4n) is 3.87. The number of carbonyl (C=O) groups excluding carboxylic acids is 1. The van der Waals surface area contributed by atoms with Crippen molar-refractivity contribution in [3.05, 3.63) is 57.5 Å². The first-order valence-corrected chi connectivity index (χ1v) is 9.54. The molecule has 1 aromatic carbocycles. The average molecular weight is 354 g/mol. The smallest absolute Gasteiger partial charge is 0.238 e. The van der Waals surface area contributed by atoms with Crippen LogP contribution < -0.4 is 5.06 Å². The fourth-order valence-corrected chi connectivity index (χ4v) is 4.91. The van der Waals surface area contributed by atoms with Gasteiger partial charge in [-0.05, 0) is 61.1 Å². The molecular formula is C20H22N2O2S. The highest BCUT2D eigenvalue weighted by Crippen LogP contribution is 2.43. The number of hydroxylamine groups is 1. The molecule has 4 nitrogen and oxygen atoms in total. The summed E-state index contributed by atoms with van der Waals surface area (Å²) < 4.78 is 0. The summed E-state index contributed by atoms with van der Waals surface area (Å²) in [5, 5.41) is 11.1. The number of thiophene rings is 1. The molecule has 0 unspecified atom stereocenters. The summed E-state index contributed by atoms with van der Waals surface area (Å²) in [7, 11) is 2.17. The van der Waals surface area contributed by atoms with E-state index in [2.05, 4.69) is 36.2 Å². The lowest BCUT2D eigenvalue weighted by Gasteiger charge is -2.27. The highest BCUT2D eigenvalue weighted by atomic mass is 32.1. The molecule has 1 aliphatic heterocycles. The number of fused-ring (bicyclic) bond motifs is 2. The first-order chi connectivity index (χ1) is 12.2. The topological polar surface area (TPSA) is 43.8 Å². The Morgan fingerprint density at radius 1 is 1.12 bits per heavy atom. The quantitative estimate of drug-likeness (QED) is 0.508. The van der Waals surface area contributed by atoms with E-state index in [1.807, 2.05) is 6.07 Å². The Kier molecular flexibility index (Phi) is 4.46. The van der Waals surface area contributed by atoms with Crippen LogP contribution in [-0.4, -0.2) is 36.7 Å². The van der Waals surface area contributed by atoms with E-state index in [-0.39, 0.29) is 0 Å². The molecule has 1 amide bonds. The lowest BCUT2D eigenvalue weighted by atomic mass is 9.88. The van der Waals surface area contributed by atoms with Gasteiger partial charge in [0.05, 0.1) is 0 Å². The van der Waals surface area contributed by atoms with Crippen molar-refractivity contribution in [2.45, 2.75) is 25.7 Å². The van der Waals surface area contributed by atoms with Crippen LogP contribution in [0.1, 0.15) is 34.4 Å². The minimum atomic E-state index is 0.460. The van der Waals surface area contributed by atoms with Crippen LogP contribution in [0.25, 0.3) is 5.57 Å². The Bertz CT molecular complexity index is 830. The molecule has 1 N–H and O–H groups in total. The number of hydrogen-bond donors (Lipinski definition) is 1. The van der Waals surface area contributed by atoms with Gasteiger partial charge in [0.25, 0.3) is 0 Å². The van der Waals surface area contributed by atoms with Gasteiger partial charge in [-0.2, -0.15) is 5.06 Å². The van der Waals surface area contributed by atoms with Crippen LogP contribution >= 0.6 is 11.3 Å². The average Bonchev–Trinajstić information content (AvgIpc) is 2.99. The van der Waals surface area contributed by atoms with Crippen LogP contribution in [0.5, 0.6) is 0 Å². The van der Waals surface area contributed by atoms with Crippen LogP contribution in [0.15, 0.2) is 35.9 Å². The molecule has 1 aromatic heterocycles. The van der Waals surface area contributed by atoms with E-state index < -0.39 is 0 Å². The number of anilines is 1. The number of aryl methyl sites for hydroxylation is 2. The summed E-state index contributed by atoms with van der Waals surface area (Å²) in [6.07, 6.45) is 4.54. The second-order valence-electron chi connectivity index (χ2n) is 6.81. The van der Waals surface area contributed by atoms with Crippen LogP contribution in [0.4, 0.5) is 5.00 Å². The predicted molar refractivity (Wildman–Crippen MR) is 101 cm³/mol. The minimum Gasteiger partial charge on any atom is -0.306 e. The monoisotopic (exact) mass is 354 g/mol. The third-order valence-corrected chi connectivity index (χ3v) is 6.43. The molecule has 1 aliphatic carbocycles. The Morgan fingerprint density at radius 2 is 1.88 bits per heavy atom. The summed E-state index contributed by atoms with van der Waals surface area (Å²) >= 11 is 1.52. The first kappa shape index (κ1) is 16.5. The van der Waals surface area contributed by atoms with Crippen molar-refractivity contribution >= 4 is 28.3 Å². The maximum Gasteiger partial charge on any atom is 0.238 e. The highest BCUT2D eigenvalue weighted by molar-refractivity contribution is 7.16. The van der Waals surface area contributed by atoms with Crippen molar-refractivity contribution < 1.29 is 10.0 Å². The van der Waals surface area contributed by atoms with Gasteiger partial charge in [-0.25, -0.2) is 0 Å². The zero-order valence-corrected chi connectivity index (χ0v) is 15.2. The standard InChI is InChI=1S/C20H22N2O2S/c1-21-10-8-15(9-11-21)20-16-5-3-2-4-14(16)6-7-18-17(20)12-19(25-18)22(24)13-23/h2-5,12-13,24H,6-11H2,1H3. The highest BCUT2D eigenvalue weighted by Gasteiger charge is 2.25. The number of benzene rings is 1. The molecule has 25 heavy (non-hydrogen) atoms. The zero-order chi connectivity index (χ0) is 17.4. The number of likely N-dealkylation sites (tertiary alicyclic amines) is 1. The molecule has 0 atom stereocenters. The molecule has 2 aliphatic rings. The third kappa shape index (κ3) is 3.03. The molecule has 2 aromatic rings. The number of piperidine rings is 1. The number of rotatable bonds is 2. The fraction of sp³-hybridized carbons (Fsp3) is 0.350. The van der Waals surface area contributed by atoms with E-state index in [1.165, 1.54) is 44.1 Å². The van der Waals surface area contributed by atoms with Crippen LogP contribution in [-0.2, 0) is 17.6 Å². The van der Waals surface area contributed by atoms with Crippen molar-refractivity contribution in [1.82, 2.24) is 4.90 Å². The summed E-state index contributed by atoms with van der Waals surface area (Å²) in [5.41, 5.74) is 6.74. The number of carbonyl (C=O) groups is 1. The molecule has 5 heteroatoms. The summed E-state index contributed by atoms with van der Waals surface area (Å²) in [4.78, 5) is 14.6. The minimum absolute atomic E-state index is 0.460. The molecule has 1 fully saturated rings. The molecule has 2 heterocycles. The van der Waals surface area contributed by atoms with E-state index in [9.17, 15) is 10.0 Å². The van der Waals surface area contributed by atoms with Gasteiger partial charge in [-0.1, -0.05) is 29.8 Å². The van der Waals surface area contributed by atoms with Crippen molar-refractivity contribution in [2.24, 2.45) is 0 Å². The van der Waals surface area contributed by atoms with Gasteiger partial charge in [-0.3, -0.25) is 10.0 Å². The molecule has 1 saturated heterocycles. The predicted octanol–water partition coefficient (Wildman–Crippen LogP) is 3.73. The lowest BCUT2D eigenvalue weighted by molar-refractivity contribution is -0.111. The zero-order valence-electron chi connectivity index (χ0n) is 14.4. The third-order valence-electron chi connectivity index (χ3n) is 5.24. The summed E-state index contributed by atoms with van der Waals surface area (Å²) in [6, 6.07) is 10.7. The van der Waals surface area contributed by atoms with Crippen LogP contribution in [0, 0.1) is 0 Å². The molecule has 0 bridgehead atoms. The summed E-state index contributed by atoms with van der Waals surface area (Å²) in [6.45, 7) is 2.15. The van der Waals surface area contributed by atoms with Gasteiger partial charge >= 0.3 is 0 Å². The van der Waals surface area contributed by atoms with Crippen LogP contribution in [0.3, 0.4) is 0 Å². The lowest BCUT2D eigenvalue weighted by Crippen LogP contribution is -2.27. The molecule has 0 spiro atoms. The molecule has 130 valence electrons. The largest absolute Gasteiger partial charge is 0.306 e. The van der Waals surface area contributed by atoms with Crippen molar-refractivity contribution in [3.8, 4) is 0 Å². The van der Waals surface area contributed by atoms with Gasteiger partial charge in [0.1, 0.15) is 5.00 Å². The van der Waals surface area contributed by atoms with E-state index >= 15 is 0 Å². The molecule has 0 saturated carbocycles. The van der Waals surface area contributed by atoms with E-state index in [0.717, 1.165) is 38.8 Å². The molecule has 0 radical (unpaired) electrons.